The van der Waals surface area contributed by atoms with Gasteiger partial charge in [-0.1, -0.05) is 29.5 Å². The van der Waals surface area contributed by atoms with Crippen LogP contribution in [0.4, 0.5) is 5.69 Å². The number of hydrogen-bond acceptors (Lipinski definition) is 7. The van der Waals surface area contributed by atoms with E-state index in [1.54, 1.807) is 36.8 Å². The summed E-state index contributed by atoms with van der Waals surface area (Å²) in [5.41, 5.74) is 2.98. The molecular formula is C21H18N4O3S. The average Bonchev–Trinajstić information content (AvgIpc) is 3.44. The first-order valence-electron chi connectivity index (χ1n) is 9.01. The molecule has 0 aliphatic rings. The summed E-state index contributed by atoms with van der Waals surface area (Å²) < 4.78 is 10.9. The van der Waals surface area contributed by atoms with Gasteiger partial charge in [-0.3, -0.25) is 4.79 Å². The molecule has 8 heteroatoms. The largest absolute Gasteiger partial charge is 0.463 e. The van der Waals surface area contributed by atoms with Crippen LogP contribution in [0, 0.1) is 6.92 Å². The van der Waals surface area contributed by atoms with Crippen molar-refractivity contribution in [1.29, 1.82) is 0 Å². The Morgan fingerprint density at radius 3 is 2.31 bits per heavy atom. The second-order valence-electron chi connectivity index (χ2n) is 6.26. The third-order valence-corrected chi connectivity index (χ3v) is 4.91. The molecule has 3 heterocycles. The van der Waals surface area contributed by atoms with Gasteiger partial charge in [-0.05, 0) is 43.3 Å². The summed E-state index contributed by atoms with van der Waals surface area (Å²) >= 11 is 1.36. The average molecular weight is 406 g/mol. The molecule has 3 aromatic heterocycles. The zero-order valence-corrected chi connectivity index (χ0v) is 16.5. The molecule has 0 aliphatic carbocycles. The van der Waals surface area contributed by atoms with E-state index >= 15 is 0 Å². The first kappa shape index (κ1) is 18.9. The molecule has 1 aromatic carbocycles. The number of anilines is 1. The molecule has 4 aromatic rings. The first-order valence-corrected chi connectivity index (χ1v) is 9.99. The Balaban J connectivity index is 1.42. The highest BCUT2D eigenvalue weighted by atomic mass is 32.2. The van der Waals surface area contributed by atoms with Gasteiger partial charge in [0.2, 0.25) is 11.1 Å². The maximum atomic E-state index is 12.1. The molecule has 7 nitrogen and oxygen atoms in total. The van der Waals surface area contributed by atoms with Gasteiger partial charge in [0.25, 0.3) is 0 Å². The molecule has 0 radical (unpaired) electrons. The van der Waals surface area contributed by atoms with Crippen molar-refractivity contribution in [3.63, 3.8) is 0 Å². The van der Waals surface area contributed by atoms with Crippen LogP contribution in [0.25, 0.3) is 22.9 Å². The molecule has 0 bridgehead atoms. The van der Waals surface area contributed by atoms with Crippen molar-refractivity contribution in [1.82, 2.24) is 15.2 Å². The van der Waals surface area contributed by atoms with E-state index in [0.717, 1.165) is 11.3 Å². The quantitative estimate of drug-likeness (QED) is 0.440. The molecule has 29 heavy (non-hydrogen) atoms. The van der Waals surface area contributed by atoms with E-state index in [2.05, 4.69) is 20.5 Å². The van der Waals surface area contributed by atoms with Crippen LogP contribution in [0.15, 0.2) is 75.0 Å². The van der Waals surface area contributed by atoms with Crippen molar-refractivity contribution in [2.24, 2.45) is 0 Å². The molecule has 4 rings (SSSR count). The van der Waals surface area contributed by atoms with Crippen molar-refractivity contribution in [3.05, 3.63) is 66.6 Å². The number of nitrogens with one attached hydrogen (secondary N) is 1. The minimum absolute atomic E-state index is 0.0622. The highest BCUT2D eigenvalue weighted by Gasteiger charge is 2.18. The Labute approximate surface area is 171 Å². The number of hydrogen-bond donors (Lipinski definition) is 1. The van der Waals surface area contributed by atoms with Crippen molar-refractivity contribution in [2.45, 2.75) is 18.5 Å². The van der Waals surface area contributed by atoms with E-state index in [1.807, 2.05) is 31.2 Å². The first-order chi connectivity index (χ1) is 14.2. The van der Waals surface area contributed by atoms with Crippen LogP contribution < -0.4 is 5.32 Å². The molecule has 1 amide bonds. The lowest BCUT2D eigenvalue weighted by atomic mass is 10.2. The van der Waals surface area contributed by atoms with Gasteiger partial charge >= 0.3 is 0 Å². The van der Waals surface area contributed by atoms with Gasteiger partial charge in [0.1, 0.15) is 5.69 Å². The number of nitrogens with zero attached hydrogens (tertiary/aromatic N) is 3. The van der Waals surface area contributed by atoms with Crippen molar-refractivity contribution < 1.29 is 13.6 Å². The smallest absolute Gasteiger partial charge is 0.225 e. The summed E-state index contributed by atoms with van der Waals surface area (Å²) in [7, 11) is 0. The third kappa shape index (κ3) is 4.72. The summed E-state index contributed by atoms with van der Waals surface area (Å²) in [6.45, 7) is 2.00. The van der Waals surface area contributed by atoms with Crippen LogP contribution in [-0.2, 0) is 4.79 Å². The zero-order valence-electron chi connectivity index (χ0n) is 15.7. The molecule has 0 fully saturated rings. The fraction of sp³-hybridized carbons (Fsp3) is 0.143. The Bertz CT molecular complexity index is 1080. The van der Waals surface area contributed by atoms with Gasteiger partial charge < -0.3 is 14.2 Å². The molecular weight excluding hydrogens is 388 g/mol. The van der Waals surface area contributed by atoms with Gasteiger partial charge in [-0.25, -0.2) is 4.98 Å². The van der Waals surface area contributed by atoms with Crippen LogP contribution in [0.3, 0.4) is 0 Å². The number of carbonyl (C=O) groups excluding carboxylic acids is 1. The molecule has 0 saturated carbocycles. The summed E-state index contributed by atoms with van der Waals surface area (Å²) in [6.07, 6.45) is 3.47. The number of aryl methyl sites for hydroxylation is 1. The van der Waals surface area contributed by atoms with Crippen molar-refractivity contribution >= 4 is 23.4 Å². The van der Waals surface area contributed by atoms with Gasteiger partial charge in [0, 0.05) is 17.9 Å². The Hall–Kier alpha value is -3.39. The lowest BCUT2D eigenvalue weighted by Crippen LogP contribution is -2.12. The molecule has 146 valence electrons. The van der Waals surface area contributed by atoms with Crippen LogP contribution in [-0.4, -0.2) is 26.8 Å². The Morgan fingerprint density at radius 2 is 1.66 bits per heavy atom. The number of rotatable bonds is 7. The fourth-order valence-electron chi connectivity index (χ4n) is 2.63. The minimum atomic E-state index is -0.0622. The number of thioether (sulfide) groups is 1. The Morgan fingerprint density at radius 1 is 0.966 bits per heavy atom. The lowest BCUT2D eigenvalue weighted by molar-refractivity contribution is -0.115. The lowest BCUT2D eigenvalue weighted by Gasteiger charge is -2.06. The molecule has 0 saturated heterocycles. The second-order valence-corrected chi connectivity index (χ2v) is 7.32. The van der Waals surface area contributed by atoms with Gasteiger partial charge in [0.05, 0.1) is 12.5 Å². The van der Waals surface area contributed by atoms with Crippen LogP contribution in [0.1, 0.15) is 12.0 Å². The summed E-state index contributed by atoms with van der Waals surface area (Å²) in [5, 5.41) is 11.8. The van der Waals surface area contributed by atoms with Crippen LogP contribution in [0.5, 0.6) is 0 Å². The van der Waals surface area contributed by atoms with Crippen molar-refractivity contribution in [2.75, 3.05) is 11.1 Å². The normalized spacial score (nSPS) is 10.8. The number of furan rings is 2. The van der Waals surface area contributed by atoms with Gasteiger partial charge in [-0.2, -0.15) is 0 Å². The molecule has 0 atom stereocenters. The van der Waals surface area contributed by atoms with Crippen molar-refractivity contribution in [3.8, 4) is 22.9 Å². The van der Waals surface area contributed by atoms with E-state index in [9.17, 15) is 4.79 Å². The van der Waals surface area contributed by atoms with Crippen LogP contribution in [0.2, 0.25) is 0 Å². The van der Waals surface area contributed by atoms with E-state index in [-0.39, 0.29) is 5.91 Å². The zero-order chi connectivity index (χ0) is 20.1. The van der Waals surface area contributed by atoms with Gasteiger partial charge in [0.15, 0.2) is 17.2 Å². The predicted molar refractivity (Wildman–Crippen MR) is 110 cm³/mol. The molecule has 0 aliphatic heterocycles. The topological polar surface area (TPSA) is 94.1 Å². The van der Waals surface area contributed by atoms with E-state index in [4.69, 9.17) is 8.83 Å². The Kier molecular flexibility index (Phi) is 5.71. The number of aromatic nitrogens is 3. The standard InChI is InChI=1S/C21H18N4O3S/c1-14-6-8-15(9-7-14)22-18(26)10-13-29-21-23-19(16-4-2-11-27-16)20(24-25-21)17-5-3-12-28-17/h2-9,11-12H,10,13H2,1H3,(H,22,26). The highest BCUT2D eigenvalue weighted by molar-refractivity contribution is 7.99. The molecule has 1 N–H and O–H groups in total. The van der Waals surface area contributed by atoms with Crippen LogP contribution >= 0.6 is 11.8 Å². The monoisotopic (exact) mass is 406 g/mol. The summed E-state index contributed by atoms with van der Waals surface area (Å²) in [6, 6.07) is 14.8. The second kappa shape index (κ2) is 8.74. The van der Waals surface area contributed by atoms with E-state index < -0.39 is 0 Å². The fourth-order valence-corrected chi connectivity index (χ4v) is 3.36. The number of carbonyl (C=O) groups is 1. The molecule has 0 spiro atoms. The predicted octanol–water partition coefficient (Wildman–Crippen LogP) is 4.82. The maximum Gasteiger partial charge on any atom is 0.225 e. The minimum Gasteiger partial charge on any atom is -0.463 e. The maximum absolute atomic E-state index is 12.1. The third-order valence-electron chi connectivity index (χ3n) is 4.07. The summed E-state index contributed by atoms with van der Waals surface area (Å²) in [4.78, 5) is 16.7. The summed E-state index contributed by atoms with van der Waals surface area (Å²) in [5.74, 6) is 1.60. The van der Waals surface area contributed by atoms with Gasteiger partial charge in [-0.15, -0.1) is 10.2 Å². The number of benzene rings is 1. The van der Waals surface area contributed by atoms with E-state index in [1.165, 1.54) is 11.8 Å². The highest BCUT2D eigenvalue weighted by Crippen LogP contribution is 2.30. The number of amides is 1. The molecule has 0 unspecified atom stereocenters. The van der Waals surface area contributed by atoms with E-state index in [0.29, 0.717) is 40.2 Å². The SMILES string of the molecule is Cc1ccc(NC(=O)CCSc2nnc(-c3ccco3)c(-c3ccco3)n2)cc1.